The molecule has 1 aromatic heterocycles. The van der Waals surface area contributed by atoms with Crippen LogP contribution in [0.15, 0.2) is 60.0 Å². The average molecular weight is 449 g/mol. The fourth-order valence-electron chi connectivity index (χ4n) is 4.21. The van der Waals surface area contributed by atoms with E-state index in [1.54, 1.807) is 24.3 Å². The molecule has 0 saturated carbocycles. The molecule has 0 N–H and O–H groups in total. The van der Waals surface area contributed by atoms with Gasteiger partial charge in [0.15, 0.2) is 0 Å². The Morgan fingerprint density at radius 2 is 1.75 bits per heavy atom. The second kappa shape index (κ2) is 7.27. The van der Waals surface area contributed by atoms with Crippen molar-refractivity contribution in [2.24, 2.45) is 0 Å². The zero-order chi connectivity index (χ0) is 22.6. The van der Waals surface area contributed by atoms with Gasteiger partial charge in [-0.3, -0.25) is 34.3 Å². The molecule has 0 aliphatic carbocycles. The van der Waals surface area contributed by atoms with Gasteiger partial charge in [-0.15, -0.1) is 11.3 Å². The van der Waals surface area contributed by atoms with Crippen LogP contribution in [0.2, 0.25) is 0 Å². The minimum Gasteiger partial charge on any atom is -0.497 e. The maximum absolute atomic E-state index is 13.3. The molecule has 32 heavy (non-hydrogen) atoms. The number of imide groups is 1. The quantitative estimate of drug-likeness (QED) is 0.255. The molecule has 3 heterocycles. The van der Waals surface area contributed by atoms with E-state index in [9.17, 15) is 24.5 Å². The van der Waals surface area contributed by atoms with Crippen LogP contribution in [0.1, 0.15) is 31.6 Å². The van der Waals surface area contributed by atoms with Crippen molar-refractivity contribution in [2.45, 2.75) is 12.1 Å². The summed E-state index contributed by atoms with van der Waals surface area (Å²) in [6, 6.07) is 12.7. The maximum Gasteiger partial charge on any atom is 0.282 e. The largest absolute Gasteiger partial charge is 0.497 e. The Balaban J connectivity index is 1.58. The number of hydrogen-bond acceptors (Lipinski definition) is 7. The molecule has 3 aromatic rings. The molecule has 2 aliphatic rings. The van der Waals surface area contributed by atoms with Gasteiger partial charge in [-0.25, -0.2) is 0 Å². The number of rotatable bonds is 5. The van der Waals surface area contributed by atoms with Crippen LogP contribution in [0, 0.1) is 10.1 Å². The molecule has 2 aliphatic heterocycles. The van der Waals surface area contributed by atoms with Crippen molar-refractivity contribution in [1.29, 1.82) is 0 Å². The first kappa shape index (κ1) is 19.9. The van der Waals surface area contributed by atoms with Crippen LogP contribution in [-0.2, 0) is 4.79 Å². The number of carbonyl (C=O) groups excluding carboxylic acids is 3. The molecule has 1 saturated heterocycles. The number of nitro groups is 1. The molecular formula is C22H15N3O6S. The number of methoxy groups -OCH3 is 1. The topological polar surface area (TPSA) is 110 Å². The van der Waals surface area contributed by atoms with Gasteiger partial charge in [0.25, 0.3) is 23.4 Å². The van der Waals surface area contributed by atoms with Gasteiger partial charge in [0, 0.05) is 22.7 Å². The van der Waals surface area contributed by atoms with Crippen LogP contribution in [0.25, 0.3) is 0 Å². The van der Waals surface area contributed by atoms with Crippen molar-refractivity contribution in [3.05, 3.63) is 86.1 Å². The van der Waals surface area contributed by atoms with E-state index in [0.717, 1.165) is 9.78 Å². The lowest BCUT2D eigenvalue weighted by Crippen LogP contribution is -2.67. The van der Waals surface area contributed by atoms with Crippen molar-refractivity contribution >= 4 is 40.4 Å². The van der Waals surface area contributed by atoms with Gasteiger partial charge in [-0.05, 0) is 29.6 Å². The highest BCUT2D eigenvalue weighted by atomic mass is 32.1. The number of nitrogens with zero attached hydrogens (tertiary/aromatic N) is 3. The number of carbonyl (C=O) groups is 3. The third-order valence-electron chi connectivity index (χ3n) is 5.63. The van der Waals surface area contributed by atoms with Crippen LogP contribution >= 0.6 is 11.3 Å². The predicted octanol–water partition coefficient (Wildman–Crippen LogP) is 3.42. The van der Waals surface area contributed by atoms with Crippen LogP contribution in [-0.4, -0.2) is 40.7 Å². The summed E-state index contributed by atoms with van der Waals surface area (Å²) < 4.78 is 5.26. The van der Waals surface area contributed by atoms with Gasteiger partial charge in [-0.2, -0.15) is 0 Å². The highest BCUT2D eigenvalue weighted by Gasteiger charge is 2.58. The maximum atomic E-state index is 13.3. The summed E-state index contributed by atoms with van der Waals surface area (Å²) in [5, 5.41) is 13.3. The highest BCUT2D eigenvalue weighted by molar-refractivity contribution is 7.10. The molecule has 0 bridgehead atoms. The molecule has 0 radical (unpaired) electrons. The zero-order valence-corrected chi connectivity index (χ0v) is 17.4. The highest BCUT2D eigenvalue weighted by Crippen LogP contribution is 2.46. The van der Waals surface area contributed by atoms with E-state index in [0.29, 0.717) is 11.4 Å². The van der Waals surface area contributed by atoms with E-state index in [1.807, 2.05) is 17.5 Å². The fraction of sp³-hybridized carbons (Fsp3) is 0.136. The minimum atomic E-state index is -1.10. The molecule has 5 rings (SSSR count). The molecule has 2 atom stereocenters. The SMILES string of the molecule is COc1cccc(N2C(=O)C(N3C(=O)c4cccc([N+](=O)[O-])c4C3=O)C2c2cccs2)c1. The second-order valence-electron chi connectivity index (χ2n) is 7.25. The molecule has 3 amide bonds. The molecule has 10 heteroatoms. The van der Waals surface area contributed by atoms with Crippen LogP contribution in [0.4, 0.5) is 11.4 Å². The Morgan fingerprint density at radius 1 is 0.969 bits per heavy atom. The van der Waals surface area contributed by atoms with Gasteiger partial charge >= 0.3 is 0 Å². The predicted molar refractivity (Wildman–Crippen MR) is 115 cm³/mol. The number of thiophene rings is 1. The lowest BCUT2D eigenvalue weighted by Gasteiger charge is -2.49. The standard InChI is InChI=1S/C22H15N3O6S/c1-31-13-6-2-5-12(11-13)23-18(16-9-4-10-32-16)19(22(23)28)24-20(26)14-7-3-8-15(25(29)30)17(14)21(24)27/h2-11,18-19H,1H3. The Kier molecular flexibility index (Phi) is 4.52. The molecule has 160 valence electrons. The van der Waals surface area contributed by atoms with Crippen molar-refractivity contribution in [3.63, 3.8) is 0 Å². The number of β-lactam (4-membered cyclic amide) rings is 1. The van der Waals surface area contributed by atoms with Crippen molar-refractivity contribution < 1.29 is 24.0 Å². The van der Waals surface area contributed by atoms with Crippen molar-refractivity contribution in [1.82, 2.24) is 4.90 Å². The first-order valence-corrected chi connectivity index (χ1v) is 10.5. The summed E-state index contributed by atoms with van der Waals surface area (Å²) in [5.41, 5.74) is -0.235. The molecular weight excluding hydrogens is 434 g/mol. The van der Waals surface area contributed by atoms with Crippen LogP contribution in [0.5, 0.6) is 5.75 Å². The fourth-order valence-corrected chi connectivity index (χ4v) is 5.05. The van der Waals surface area contributed by atoms with E-state index in [4.69, 9.17) is 4.74 Å². The average Bonchev–Trinajstić information content (AvgIpc) is 3.40. The Labute approximate surface area is 185 Å². The number of fused-ring (bicyclic) bond motifs is 1. The Morgan fingerprint density at radius 3 is 2.44 bits per heavy atom. The van der Waals surface area contributed by atoms with Crippen molar-refractivity contribution in [2.75, 3.05) is 12.0 Å². The zero-order valence-electron chi connectivity index (χ0n) is 16.6. The van der Waals surface area contributed by atoms with Gasteiger partial charge in [0.2, 0.25) is 0 Å². The Hall–Kier alpha value is -4.05. The number of ether oxygens (including phenoxy) is 1. The van der Waals surface area contributed by atoms with Gasteiger partial charge in [0.1, 0.15) is 23.4 Å². The van der Waals surface area contributed by atoms with E-state index in [1.165, 1.54) is 41.5 Å². The Bertz CT molecular complexity index is 1290. The number of anilines is 1. The number of nitro benzene ring substituents is 1. The number of hydrogen-bond donors (Lipinski definition) is 0. The van der Waals surface area contributed by atoms with Crippen LogP contribution in [0.3, 0.4) is 0 Å². The lowest BCUT2D eigenvalue weighted by atomic mass is 9.90. The van der Waals surface area contributed by atoms with Gasteiger partial charge < -0.3 is 4.74 Å². The second-order valence-corrected chi connectivity index (χ2v) is 8.23. The first-order chi connectivity index (χ1) is 15.4. The normalized spacial score (nSPS) is 19.7. The third kappa shape index (κ3) is 2.73. The van der Waals surface area contributed by atoms with E-state index in [-0.39, 0.29) is 11.1 Å². The number of benzene rings is 2. The van der Waals surface area contributed by atoms with Gasteiger partial charge in [-0.1, -0.05) is 18.2 Å². The third-order valence-corrected chi connectivity index (χ3v) is 6.58. The monoisotopic (exact) mass is 449 g/mol. The lowest BCUT2D eigenvalue weighted by molar-refractivity contribution is -0.385. The summed E-state index contributed by atoms with van der Waals surface area (Å²) in [6.45, 7) is 0. The molecule has 1 fully saturated rings. The summed E-state index contributed by atoms with van der Waals surface area (Å²) in [5.74, 6) is -1.43. The summed E-state index contributed by atoms with van der Waals surface area (Å²) in [7, 11) is 1.52. The van der Waals surface area contributed by atoms with E-state index >= 15 is 0 Å². The first-order valence-electron chi connectivity index (χ1n) is 9.60. The molecule has 9 nitrogen and oxygen atoms in total. The molecule has 2 aromatic carbocycles. The summed E-state index contributed by atoms with van der Waals surface area (Å²) in [4.78, 5) is 53.5. The number of amides is 3. The minimum absolute atomic E-state index is 0.0678. The molecule has 2 unspecified atom stereocenters. The molecule has 0 spiro atoms. The van der Waals surface area contributed by atoms with Gasteiger partial charge in [0.05, 0.1) is 17.6 Å². The van der Waals surface area contributed by atoms with E-state index in [2.05, 4.69) is 0 Å². The summed E-state index contributed by atoms with van der Waals surface area (Å²) in [6.07, 6.45) is 0. The smallest absolute Gasteiger partial charge is 0.282 e. The van der Waals surface area contributed by atoms with Crippen LogP contribution < -0.4 is 9.64 Å². The van der Waals surface area contributed by atoms with E-state index < -0.39 is 40.4 Å². The van der Waals surface area contributed by atoms with Crippen molar-refractivity contribution in [3.8, 4) is 5.75 Å². The summed E-state index contributed by atoms with van der Waals surface area (Å²) >= 11 is 1.39.